The van der Waals surface area contributed by atoms with E-state index < -0.39 is 11.9 Å². The third-order valence-corrected chi connectivity index (χ3v) is 4.01. The molecule has 0 aliphatic heterocycles. The minimum Gasteiger partial charge on any atom is -0.508 e. The normalized spacial score (nSPS) is 10.7. The molecule has 0 saturated heterocycles. The van der Waals surface area contributed by atoms with Gasteiger partial charge >= 0.3 is 5.97 Å². The van der Waals surface area contributed by atoms with Crippen molar-refractivity contribution >= 4 is 29.7 Å². The molecule has 0 fully saturated rings. The summed E-state index contributed by atoms with van der Waals surface area (Å²) in [6.07, 6.45) is 1.36. The topological polar surface area (TPSA) is 108 Å². The van der Waals surface area contributed by atoms with Crippen LogP contribution < -0.4 is 10.2 Å². The van der Waals surface area contributed by atoms with E-state index in [1.165, 1.54) is 18.3 Å². The minimum absolute atomic E-state index is 0.0365. The number of nitrogens with one attached hydrogen (secondary N) is 1. The lowest BCUT2D eigenvalue weighted by Gasteiger charge is -2.05. The molecule has 0 bridgehead atoms. The van der Waals surface area contributed by atoms with Gasteiger partial charge in [-0.3, -0.25) is 4.79 Å². The molecule has 1 amide bonds. The first-order valence-corrected chi connectivity index (χ1v) is 8.73. The van der Waals surface area contributed by atoms with Gasteiger partial charge in [0.2, 0.25) is 0 Å². The molecule has 146 valence electrons. The highest BCUT2D eigenvalue weighted by Crippen LogP contribution is 2.22. The number of esters is 1. The molecule has 8 heteroatoms. The quantitative estimate of drug-likeness (QED) is 0.257. The molecule has 29 heavy (non-hydrogen) atoms. The van der Waals surface area contributed by atoms with Gasteiger partial charge < -0.3 is 14.9 Å². The van der Waals surface area contributed by atoms with Gasteiger partial charge in [-0.15, -0.1) is 0 Å². The van der Waals surface area contributed by atoms with Crippen LogP contribution in [-0.4, -0.2) is 28.3 Å². The molecule has 0 atom stereocenters. The molecular formula is C21H15ClN2O5. The molecule has 3 aromatic carbocycles. The second kappa shape index (κ2) is 8.90. The average molecular weight is 411 g/mol. The highest BCUT2D eigenvalue weighted by molar-refractivity contribution is 6.30. The molecule has 0 aliphatic carbocycles. The van der Waals surface area contributed by atoms with Gasteiger partial charge in [-0.25, -0.2) is 10.2 Å². The number of hydrogen-bond donors (Lipinski definition) is 3. The highest BCUT2D eigenvalue weighted by atomic mass is 35.5. The van der Waals surface area contributed by atoms with E-state index >= 15 is 0 Å². The largest absolute Gasteiger partial charge is 0.508 e. The summed E-state index contributed by atoms with van der Waals surface area (Å²) < 4.78 is 5.32. The van der Waals surface area contributed by atoms with Crippen LogP contribution in [0.1, 0.15) is 26.3 Å². The third-order valence-electron chi connectivity index (χ3n) is 3.75. The van der Waals surface area contributed by atoms with Crippen LogP contribution >= 0.6 is 11.6 Å². The van der Waals surface area contributed by atoms with E-state index in [1.807, 2.05) is 0 Å². The summed E-state index contributed by atoms with van der Waals surface area (Å²) in [7, 11) is 0. The summed E-state index contributed by atoms with van der Waals surface area (Å²) in [5.74, 6) is -1.41. The maximum absolute atomic E-state index is 12.2. The number of ether oxygens (including phenoxy) is 1. The van der Waals surface area contributed by atoms with Gasteiger partial charge in [0.1, 0.15) is 17.2 Å². The fraction of sp³-hybridized carbons (Fsp3) is 0. The van der Waals surface area contributed by atoms with Crippen LogP contribution in [0.4, 0.5) is 0 Å². The zero-order valence-electron chi connectivity index (χ0n) is 14.9. The number of phenols is 2. The minimum atomic E-state index is -0.649. The van der Waals surface area contributed by atoms with Gasteiger partial charge in [0.05, 0.1) is 17.3 Å². The Labute approximate surface area is 170 Å². The first kappa shape index (κ1) is 19.9. The number of hydrogen-bond acceptors (Lipinski definition) is 6. The number of hydrazone groups is 1. The van der Waals surface area contributed by atoms with Gasteiger partial charge in [0.25, 0.3) is 5.91 Å². The molecule has 0 heterocycles. The van der Waals surface area contributed by atoms with E-state index in [4.69, 9.17) is 16.3 Å². The monoisotopic (exact) mass is 410 g/mol. The molecule has 3 aromatic rings. The van der Waals surface area contributed by atoms with Crippen LogP contribution in [0.2, 0.25) is 5.02 Å². The van der Waals surface area contributed by atoms with E-state index in [0.29, 0.717) is 21.9 Å². The molecule has 0 spiro atoms. The highest BCUT2D eigenvalue weighted by Gasteiger charge is 2.11. The number of carbonyl (C=O) groups is 2. The standard InChI is InChI=1S/C21H15ClN2O5/c22-15-6-4-14(5-7-15)21(28)29-17-3-1-2-13(10-17)12-23-24-20(27)18-9-8-16(25)11-19(18)26/h1-12,25-26H,(H,24,27)/b23-12-. The number of nitrogens with zero attached hydrogens (tertiary/aromatic N) is 1. The molecular weight excluding hydrogens is 396 g/mol. The van der Waals surface area contributed by atoms with Crippen molar-refractivity contribution in [1.82, 2.24) is 5.43 Å². The predicted octanol–water partition coefficient (Wildman–Crippen LogP) is 3.73. The molecule has 0 saturated carbocycles. The van der Waals surface area contributed by atoms with Crippen molar-refractivity contribution in [2.45, 2.75) is 0 Å². The van der Waals surface area contributed by atoms with E-state index in [1.54, 1.807) is 48.5 Å². The molecule has 3 rings (SSSR count). The van der Waals surface area contributed by atoms with Gasteiger partial charge in [0, 0.05) is 11.1 Å². The van der Waals surface area contributed by atoms with Crippen LogP contribution in [0.25, 0.3) is 0 Å². The maximum Gasteiger partial charge on any atom is 0.343 e. The third kappa shape index (κ3) is 5.33. The second-order valence-electron chi connectivity index (χ2n) is 5.87. The second-order valence-corrected chi connectivity index (χ2v) is 6.31. The predicted molar refractivity (Wildman–Crippen MR) is 108 cm³/mol. The lowest BCUT2D eigenvalue weighted by atomic mass is 10.2. The number of amides is 1. The summed E-state index contributed by atoms with van der Waals surface area (Å²) in [6, 6.07) is 16.5. The zero-order valence-corrected chi connectivity index (χ0v) is 15.6. The maximum atomic E-state index is 12.2. The van der Waals surface area contributed by atoms with Crippen molar-refractivity contribution in [2.75, 3.05) is 0 Å². The van der Waals surface area contributed by atoms with Crippen molar-refractivity contribution in [3.05, 3.63) is 88.4 Å². The first-order valence-electron chi connectivity index (χ1n) is 8.35. The Morgan fingerprint density at radius 1 is 1.00 bits per heavy atom. The van der Waals surface area contributed by atoms with Crippen molar-refractivity contribution in [1.29, 1.82) is 0 Å². The lowest BCUT2D eigenvalue weighted by Crippen LogP contribution is -2.17. The Morgan fingerprint density at radius 2 is 1.76 bits per heavy atom. The number of benzene rings is 3. The number of phenolic OH excluding ortho intramolecular Hbond substituents is 2. The Bertz CT molecular complexity index is 1080. The Balaban J connectivity index is 1.64. The van der Waals surface area contributed by atoms with E-state index in [0.717, 1.165) is 6.07 Å². The Morgan fingerprint density at radius 3 is 2.48 bits per heavy atom. The smallest absolute Gasteiger partial charge is 0.343 e. The van der Waals surface area contributed by atoms with Gasteiger partial charge in [-0.05, 0) is 54.1 Å². The summed E-state index contributed by atoms with van der Waals surface area (Å²) in [6.45, 7) is 0. The number of rotatable bonds is 5. The molecule has 0 aromatic heterocycles. The van der Waals surface area contributed by atoms with Crippen LogP contribution in [0.5, 0.6) is 17.2 Å². The number of halogens is 1. The summed E-state index contributed by atoms with van der Waals surface area (Å²) in [5, 5.41) is 23.3. The number of carbonyl (C=O) groups excluding carboxylic acids is 2. The van der Waals surface area contributed by atoms with Crippen molar-refractivity contribution in [3.63, 3.8) is 0 Å². The van der Waals surface area contributed by atoms with Gasteiger partial charge in [-0.2, -0.15) is 5.10 Å². The number of aromatic hydroxyl groups is 2. The summed E-state index contributed by atoms with van der Waals surface area (Å²) >= 11 is 5.80. The molecule has 0 unspecified atom stereocenters. The van der Waals surface area contributed by atoms with Crippen LogP contribution in [0, 0.1) is 0 Å². The molecule has 0 aliphatic rings. The fourth-order valence-electron chi connectivity index (χ4n) is 2.35. The molecule has 0 radical (unpaired) electrons. The SMILES string of the molecule is O=C(Oc1cccc(/C=N\NC(=O)c2ccc(O)cc2O)c1)c1ccc(Cl)cc1. The van der Waals surface area contributed by atoms with E-state index in [-0.39, 0.29) is 17.1 Å². The zero-order chi connectivity index (χ0) is 20.8. The average Bonchev–Trinajstić information content (AvgIpc) is 2.68. The van der Waals surface area contributed by atoms with Crippen molar-refractivity contribution < 1.29 is 24.5 Å². The summed E-state index contributed by atoms with van der Waals surface area (Å²) in [4.78, 5) is 24.2. The van der Waals surface area contributed by atoms with E-state index in [2.05, 4.69) is 10.5 Å². The summed E-state index contributed by atoms with van der Waals surface area (Å²) in [5.41, 5.74) is 3.16. The van der Waals surface area contributed by atoms with Crippen LogP contribution in [0.3, 0.4) is 0 Å². The van der Waals surface area contributed by atoms with Gasteiger partial charge in [-0.1, -0.05) is 23.7 Å². The Hall–Kier alpha value is -3.84. The van der Waals surface area contributed by atoms with E-state index in [9.17, 15) is 19.8 Å². The van der Waals surface area contributed by atoms with Crippen molar-refractivity contribution in [2.24, 2.45) is 5.10 Å². The molecule has 7 nitrogen and oxygen atoms in total. The fourth-order valence-corrected chi connectivity index (χ4v) is 2.47. The van der Waals surface area contributed by atoms with Crippen molar-refractivity contribution in [3.8, 4) is 17.2 Å². The van der Waals surface area contributed by atoms with Gasteiger partial charge in [0.15, 0.2) is 0 Å². The molecule has 3 N–H and O–H groups in total. The van der Waals surface area contributed by atoms with Crippen LogP contribution in [-0.2, 0) is 0 Å². The van der Waals surface area contributed by atoms with Crippen LogP contribution in [0.15, 0.2) is 71.8 Å². The lowest BCUT2D eigenvalue weighted by molar-refractivity contribution is 0.0734. The first-order chi connectivity index (χ1) is 13.9. The Kier molecular flexibility index (Phi) is 6.11.